The molecule has 0 radical (unpaired) electrons. The van der Waals surface area contributed by atoms with Crippen molar-refractivity contribution >= 4 is 28.5 Å². The third-order valence-corrected chi connectivity index (χ3v) is 4.61. The number of benzene rings is 2. The summed E-state index contributed by atoms with van der Waals surface area (Å²) in [7, 11) is 1.54. The number of anilines is 1. The highest BCUT2D eigenvalue weighted by Crippen LogP contribution is 2.16. The van der Waals surface area contributed by atoms with Gasteiger partial charge in [-0.3, -0.25) is 18.7 Å². The zero-order chi connectivity index (χ0) is 20.1. The molecule has 0 saturated heterocycles. The standard InChI is InChI=1S/C21H24N4O3/c1-3-13-24-17-10-6-7-11-18(17)25(21(24)28)14-12-19(26)23-16-9-5-4-8-15(16)20(27)22-2/h4-11H,3,12-14H2,1-2H3,(H,22,27)(H,23,26). The minimum absolute atomic E-state index is 0.110. The van der Waals surface area contributed by atoms with Crippen LogP contribution in [-0.4, -0.2) is 28.0 Å². The van der Waals surface area contributed by atoms with Gasteiger partial charge >= 0.3 is 5.69 Å². The van der Waals surface area contributed by atoms with Crippen molar-refractivity contribution in [2.75, 3.05) is 12.4 Å². The first-order chi connectivity index (χ1) is 13.6. The molecule has 0 fully saturated rings. The van der Waals surface area contributed by atoms with Gasteiger partial charge in [-0.1, -0.05) is 31.2 Å². The predicted molar refractivity (Wildman–Crippen MR) is 110 cm³/mol. The van der Waals surface area contributed by atoms with Gasteiger partial charge in [-0.05, 0) is 30.7 Å². The molecule has 146 valence electrons. The van der Waals surface area contributed by atoms with E-state index in [1.165, 1.54) is 0 Å². The Labute approximate surface area is 163 Å². The van der Waals surface area contributed by atoms with Gasteiger partial charge in [0.1, 0.15) is 0 Å². The molecule has 3 rings (SSSR count). The van der Waals surface area contributed by atoms with Gasteiger partial charge in [-0.2, -0.15) is 0 Å². The maximum atomic E-state index is 12.8. The lowest BCUT2D eigenvalue weighted by atomic mass is 10.1. The summed E-state index contributed by atoms with van der Waals surface area (Å²) < 4.78 is 3.38. The number of carbonyl (C=O) groups is 2. The van der Waals surface area contributed by atoms with Crippen LogP contribution >= 0.6 is 0 Å². The number of imidazole rings is 1. The average molecular weight is 380 g/mol. The lowest BCUT2D eigenvalue weighted by Gasteiger charge is -2.10. The van der Waals surface area contributed by atoms with Crippen LogP contribution in [0.4, 0.5) is 5.69 Å². The first-order valence-electron chi connectivity index (χ1n) is 9.35. The number of hydrogen-bond acceptors (Lipinski definition) is 3. The summed E-state index contributed by atoms with van der Waals surface area (Å²) in [6.45, 7) is 2.93. The molecule has 0 saturated carbocycles. The van der Waals surface area contributed by atoms with Gasteiger partial charge in [0.05, 0.1) is 22.3 Å². The molecule has 28 heavy (non-hydrogen) atoms. The van der Waals surface area contributed by atoms with Gasteiger partial charge in [0.25, 0.3) is 5.91 Å². The molecule has 0 atom stereocenters. The van der Waals surface area contributed by atoms with Crippen LogP contribution in [0.5, 0.6) is 0 Å². The quantitative estimate of drug-likeness (QED) is 0.661. The van der Waals surface area contributed by atoms with Crippen LogP contribution in [0.3, 0.4) is 0 Å². The highest BCUT2D eigenvalue weighted by atomic mass is 16.2. The second-order valence-corrected chi connectivity index (χ2v) is 6.50. The largest absolute Gasteiger partial charge is 0.355 e. The third-order valence-electron chi connectivity index (χ3n) is 4.61. The number of nitrogens with zero attached hydrogens (tertiary/aromatic N) is 2. The zero-order valence-corrected chi connectivity index (χ0v) is 16.1. The molecule has 2 aromatic carbocycles. The highest BCUT2D eigenvalue weighted by Gasteiger charge is 2.15. The maximum Gasteiger partial charge on any atom is 0.329 e. The van der Waals surface area contributed by atoms with Crippen molar-refractivity contribution in [1.29, 1.82) is 0 Å². The fourth-order valence-electron chi connectivity index (χ4n) is 3.28. The van der Waals surface area contributed by atoms with E-state index in [0.29, 0.717) is 17.8 Å². The summed E-state index contributed by atoms with van der Waals surface area (Å²) in [6, 6.07) is 14.4. The molecule has 0 spiro atoms. The number of aromatic nitrogens is 2. The first-order valence-corrected chi connectivity index (χ1v) is 9.35. The van der Waals surface area contributed by atoms with Gasteiger partial charge in [-0.25, -0.2) is 4.79 Å². The van der Waals surface area contributed by atoms with E-state index in [9.17, 15) is 14.4 Å². The molecule has 0 aliphatic carbocycles. The van der Waals surface area contributed by atoms with Crippen LogP contribution in [0.2, 0.25) is 0 Å². The predicted octanol–water partition coefficient (Wildman–Crippen LogP) is 2.60. The summed E-state index contributed by atoms with van der Waals surface area (Å²) in [5, 5.41) is 5.33. The Bertz CT molecular complexity index is 1060. The Morgan fingerprint density at radius 3 is 2.18 bits per heavy atom. The Morgan fingerprint density at radius 2 is 1.54 bits per heavy atom. The third kappa shape index (κ3) is 3.83. The molecule has 1 heterocycles. The summed E-state index contributed by atoms with van der Waals surface area (Å²) in [4.78, 5) is 37.2. The van der Waals surface area contributed by atoms with E-state index in [4.69, 9.17) is 0 Å². The molecule has 7 heteroatoms. The van der Waals surface area contributed by atoms with E-state index >= 15 is 0 Å². The molecule has 0 aliphatic rings. The summed E-state index contributed by atoms with van der Waals surface area (Å²) >= 11 is 0. The van der Waals surface area contributed by atoms with Gasteiger partial charge in [0.2, 0.25) is 5.91 Å². The molecular formula is C21H24N4O3. The minimum Gasteiger partial charge on any atom is -0.355 e. The number of fused-ring (bicyclic) bond motifs is 1. The van der Waals surface area contributed by atoms with Crippen LogP contribution in [0.15, 0.2) is 53.3 Å². The second-order valence-electron chi connectivity index (χ2n) is 6.50. The number of hydrogen-bond donors (Lipinski definition) is 2. The molecule has 1 aromatic heterocycles. The van der Waals surface area contributed by atoms with E-state index in [-0.39, 0.29) is 30.5 Å². The van der Waals surface area contributed by atoms with Crippen molar-refractivity contribution in [3.63, 3.8) is 0 Å². The number of amides is 2. The van der Waals surface area contributed by atoms with Crippen molar-refractivity contribution in [2.45, 2.75) is 32.9 Å². The topological polar surface area (TPSA) is 85.1 Å². The van der Waals surface area contributed by atoms with Crippen LogP contribution in [0.25, 0.3) is 11.0 Å². The monoisotopic (exact) mass is 380 g/mol. The van der Waals surface area contributed by atoms with Crippen molar-refractivity contribution in [2.24, 2.45) is 0 Å². The van der Waals surface area contributed by atoms with Gasteiger partial charge in [-0.15, -0.1) is 0 Å². The lowest BCUT2D eigenvalue weighted by molar-refractivity contribution is -0.116. The van der Waals surface area contributed by atoms with Crippen molar-refractivity contribution in [1.82, 2.24) is 14.5 Å². The smallest absolute Gasteiger partial charge is 0.329 e. The zero-order valence-electron chi connectivity index (χ0n) is 16.1. The maximum absolute atomic E-state index is 12.8. The molecule has 2 amide bonds. The molecule has 3 aromatic rings. The second kappa shape index (κ2) is 8.56. The Balaban J connectivity index is 1.79. The van der Waals surface area contributed by atoms with E-state index in [0.717, 1.165) is 17.5 Å². The molecular weight excluding hydrogens is 356 g/mol. The number of carbonyl (C=O) groups excluding carboxylic acids is 2. The summed E-state index contributed by atoms with van der Waals surface area (Å²) in [6.07, 6.45) is 0.979. The van der Waals surface area contributed by atoms with Gasteiger partial charge in [0.15, 0.2) is 0 Å². The number of para-hydroxylation sites is 3. The fraction of sp³-hybridized carbons (Fsp3) is 0.286. The van der Waals surface area contributed by atoms with Crippen LogP contribution in [0.1, 0.15) is 30.1 Å². The van der Waals surface area contributed by atoms with E-state index in [2.05, 4.69) is 10.6 Å². The van der Waals surface area contributed by atoms with E-state index < -0.39 is 0 Å². The Kier molecular flexibility index (Phi) is 5.93. The molecule has 0 bridgehead atoms. The normalized spacial score (nSPS) is 10.8. The molecule has 0 aliphatic heterocycles. The average Bonchev–Trinajstić information content (AvgIpc) is 2.98. The van der Waals surface area contributed by atoms with Crippen LogP contribution < -0.4 is 16.3 Å². The molecule has 0 unspecified atom stereocenters. The number of aryl methyl sites for hydroxylation is 2. The minimum atomic E-state index is -0.269. The summed E-state index contributed by atoms with van der Waals surface area (Å²) in [5.74, 6) is -0.523. The lowest BCUT2D eigenvalue weighted by Crippen LogP contribution is -2.26. The van der Waals surface area contributed by atoms with E-state index in [1.807, 2.05) is 31.2 Å². The van der Waals surface area contributed by atoms with Crippen molar-refractivity contribution in [3.05, 3.63) is 64.6 Å². The van der Waals surface area contributed by atoms with Gasteiger partial charge < -0.3 is 10.6 Å². The van der Waals surface area contributed by atoms with E-state index in [1.54, 1.807) is 40.4 Å². The fourth-order valence-corrected chi connectivity index (χ4v) is 3.28. The van der Waals surface area contributed by atoms with Crippen molar-refractivity contribution in [3.8, 4) is 0 Å². The molecule has 7 nitrogen and oxygen atoms in total. The van der Waals surface area contributed by atoms with Crippen LogP contribution in [-0.2, 0) is 17.9 Å². The van der Waals surface area contributed by atoms with Crippen molar-refractivity contribution < 1.29 is 9.59 Å². The van der Waals surface area contributed by atoms with Gasteiger partial charge in [0, 0.05) is 26.6 Å². The highest BCUT2D eigenvalue weighted by molar-refractivity contribution is 6.03. The number of rotatable bonds is 7. The SMILES string of the molecule is CCCn1c(=O)n(CCC(=O)Nc2ccccc2C(=O)NC)c2ccccc21. The van der Waals surface area contributed by atoms with Crippen LogP contribution in [0, 0.1) is 0 Å². The molecule has 2 N–H and O–H groups in total. The first kappa shape index (κ1) is 19.4. The Morgan fingerprint density at radius 1 is 0.929 bits per heavy atom. The Hall–Kier alpha value is -3.35. The number of nitrogens with one attached hydrogen (secondary N) is 2. The summed E-state index contributed by atoms with van der Waals surface area (Å²) in [5.41, 5.74) is 2.43.